The molecular weight excluding hydrogens is 248 g/mol. The van der Waals surface area contributed by atoms with Gasteiger partial charge in [0.1, 0.15) is 18.0 Å². The van der Waals surface area contributed by atoms with Crippen LogP contribution in [0.4, 0.5) is 11.6 Å². The number of hydrogen-bond acceptors (Lipinski definition) is 4. The molecule has 4 nitrogen and oxygen atoms in total. The molecule has 0 bridgehead atoms. The molecule has 0 aliphatic rings. The summed E-state index contributed by atoms with van der Waals surface area (Å²) in [6, 6.07) is 10.3. The summed E-state index contributed by atoms with van der Waals surface area (Å²) in [6.07, 6.45) is 1.61. The van der Waals surface area contributed by atoms with Crippen LogP contribution in [0.1, 0.15) is 37.8 Å². The zero-order chi connectivity index (χ0) is 14.4. The highest BCUT2D eigenvalue weighted by molar-refractivity contribution is 5.59. The second-order valence-corrected chi connectivity index (χ2v) is 5.01. The molecule has 1 aromatic carbocycles. The Morgan fingerprint density at radius 2 is 1.65 bits per heavy atom. The Balaban J connectivity index is 2.20. The number of hydrogen-bond donors (Lipinski definition) is 2. The molecule has 0 fully saturated rings. The third-order valence-electron chi connectivity index (χ3n) is 3.11. The Morgan fingerprint density at radius 3 is 2.25 bits per heavy atom. The number of nitrogens with one attached hydrogen (secondary N) is 2. The van der Waals surface area contributed by atoms with Crippen LogP contribution in [0, 0.1) is 0 Å². The Labute approximate surface area is 120 Å². The van der Waals surface area contributed by atoms with Crippen molar-refractivity contribution in [2.45, 2.75) is 33.2 Å². The molecule has 0 atom stereocenters. The lowest BCUT2D eigenvalue weighted by molar-refractivity contribution is 0.844. The van der Waals surface area contributed by atoms with Crippen molar-refractivity contribution in [1.82, 2.24) is 9.97 Å². The number of nitrogens with zero attached hydrogens (tertiary/aromatic N) is 2. The van der Waals surface area contributed by atoms with Crippen LogP contribution in [0.25, 0.3) is 0 Å². The Morgan fingerprint density at radius 1 is 1.00 bits per heavy atom. The molecule has 0 aliphatic carbocycles. The number of aromatic nitrogens is 2. The average Bonchev–Trinajstić information content (AvgIpc) is 2.46. The van der Waals surface area contributed by atoms with E-state index in [1.54, 1.807) is 6.33 Å². The predicted molar refractivity (Wildman–Crippen MR) is 84.1 cm³/mol. The molecule has 2 N–H and O–H groups in total. The summed E-state index contributed by atoms with van der Waals surface area (Å²) in [5, 5.41) is 6.72. The summed E-state index contributed by atoms with van der Waals surface area (Å²) in [5.74, 6) is 2.20. The van der Waals surface area contributed by atoms with Crippen LogP contribution in [-0.4, -0.2) is 16.5 Å². The van der Waals surface area contributed by atoms with E-state index < -0.39 is 0 Å². The second-order valence-electron chi connectivity index (χ2n) is 5.01. The molecular formula is C16H22N4. The maximum atomic E-state index is 4.40. The molecule has 0 aliphatic heterocycles. The summed E-state index contributed by atoms with van der Waals surface area (Å²) in [4.78, 5) is 8.74. The molecule has 0 saturated heterocycles. The summed E-state index contributed by atoms with van der Waals surface area (Å²) in [6.45, 7) is 8.02. The smallest absolute Gasteiger partial charge is 0.135 e. The van der Waals surface area contributed by atoms with Gasteiger partial charge in [-0.3, -0.25) is 0 Å². The van der Waals surface area contributed by atoms with Crippen LogP contribution >= 0.6 is 0 Å². The Bertz CT molecular complexity index is 537. The normalized spacial score (nSPS) is 10.6. The lowest BCUT2D eigenvalue weighted by atomic mass is 10.0. The molecule has 20 heavy (non-hydrogen) atoms. The first-order valence-electron chi connectivity index (χ1n) is 7.09. The van der Waals surface area contributed by atoms with Gasteiger partial charge in [0.15, 0.2) is 0 Å². The first-order valence-corrected chi connectivity index (χ1v) is 7.09. The SMILES string of the molecule is CCNc1ncnc(NCc2ccccc2)c1C(C)C. The van der Waals surface area contributed by atoms with Gasteiger partial charge in [-0.1, -0.05) is 44.2 Å². The van der Waals surface area contributed by atoms with Crippen molar-refractivity contribution >= 4 is 11.6 Å². The first kappa shape index (κ1) is 14.3. The van der Waals surface area contributed by atoms with Gasteiger partial charge in [0.2, 0.25) is 0 Å². The van der Waals surface area contributed by atoms with E-state index in [-0.39, 0.29) is 0 Å². The predicted octanol–water partition coefficient (Wildman–Crippen LogP) is 3.64. The molecule has 0 unspecified atom stereocenters. The third-order valence-corrected chi connectivity index (χ3v) is 3.11. The van der Waals surface area contributed by atoms with E-state index in [9.17, 15) is 0 Å². The van der Waals surface area contributed by atoms with Crippen LogP contribution in [0.3, 0.4) is 0 Å². The summed E-state index contributed by atoms with van der Waals surface area (Å²) in [7, 11) is 0. The van der Waals surface area contributed by atoms with Crippen LogP contribution in [0.2, 0.25) is 0 Å². The molecule has 106 valence electrons. The van der Waals surface area contributed by atoms with Gasteiger partial charge in [0.25, 0.3) is 0 Å². The van der Waals surface area contributed by atoms with Gasteiger partial charge in [-0.2, -0.15) is 0 Å². The number of benzene rings is 1. The highest BCUT2D eigenvalue weighted by Crippen LogP contribution is 2.28. The van der Waals surface area contributed by atoms with E-state index in [4.69, 9.17) is 0 Å². The second kappa shape index (κ2) is 6.89. The molecule has 0 spiro atoms. The fourth-order valence-corrected chi connectivity index (χ4v) is 2.17. The van der Waals surface area contributed by atoms with E-state index in [2.05, 4.69) is 53.5 Å². The van der Waals surface area contributed by atoms with Crippen molar-refractivity contribution in [1.29, 1.82) is 0 Å². The first-order chi connectivity index (χ1) is 9.72. The van der Waals surface area contributed by atoms with E-state index in [0.717, 1.165) is 30.3 Å². The van der Waals surface area contributed by atoms with Crippen LogP contribution in [0.15, 0.2) is 36.7 Å². The zero-order valence-electron chi connectivity index (χ0n) is 12.4. The molecule has 0 radical (unpaired) electrons. The monoisotopic (exact) mass is 270 g/mol. The van der Waals surface area contributed by atoms with Crippen molar-refractivity contribution in [2.24, 2.45) is 0 Å². The fourth-order valence-electron chi connectivity index (χ4n) is 2.17. The molecule has 2 rings (SSSR count). The summed E-state index contributed by atoms with van der Waals surface area (Å²) >= 11 is 0. The minimum absolute atomic E-state index is 0.364. The molecule has 2 aromatic rings. The van der Waals surface area contributed by atoms with E-state index in [1.165, 1.54) is 5.56 Å². The molecule has 0 saturated carbocycles. The van der Waals surface area contributed by atoms with Crippen molar-refractivity contribution in [3.63, 3.8) is 0 Å². The largest absolute Gasteiger partial charge is 0.370 e. The zero-order valence-corrected chi connectivity index (χ0v) is 12.4. The lowest BCUT2D eigenvalue weighted by Crippen LogP contribution is -2.11. The van der Waals surface area contributed by atoms with Crippen LogP contribution < -0.4 is 10.6 Å². The van der Waals surface area contributed by atoms with E-state index in [0.29, 0.717) is 5.92 Å². The van der Waals surface area contributed by atoms with Gasteiger partial charge in [0, 0.05) is 18.7 Å². The summed E-state index contributed by atoms with van der Waals surface area (Å²) < 4.78 is 0. The third kappa shape index (κ3) is 3.47. The number of anilines is 2. The maximum absolute atomic E-state index is 4.40. The van der Waals surface area contributed by atoms with Gasteiger partial charge < -0.3 is 10.6 Å². The van der Waals surface area contributed by atoms with Gasteiger partial charge >= 0.3 is 0 Å². The molecule has 1 aromatic heterocycles. The van der Waals surface area contributed by atoms with Crippen molar-refractivity contribution in [2.75, 3.05) is 17.2 Å². The highest BCUT2D eigenvalue weighted by Gasteiger charge is 2.14. The quantitative estimate of drug-likeness (QED) is 0.841. The van der Waals surface area contributed by atoms with Crippen molar-refractivity contribution in [3.8, 4) is 0 Å². The van der Waals surface area contributed by atoms with Crippen LogP contribution in [0.5, 0.6) is 0 Å². The minimum Gasteiger partial charge on any atom is -0.370 e. The Kier molecular flexibility index (Phi) is 4.93. The summed E-state index contributed by atoms with van der Waals surface area (Å²) in [5.41, 5.74) is 2.39. The average molecular weight is 270 g/mol. The standard InChI is InChI=1S/C16H22N4/c1-4-17-15-14(12(2)3)16(20-11-19-15)18-10-13-8-6-5-7-9-13/h5-9,11-12H,4,10H2,1-3H3,(H2,17,18,19,20). The minimum atomic E-state index is 0.364. The van der Waals surface area contributed by atoms with E-state index in [1.807, 2.05) is 18.2 Å². The number of rotatable bonds is 6. The van der Waals surface area contributed by atoms with Gasteiger partial charge in [-0.25, -0.2) is 9.97 Å². The van der Waals surface area contributed by atoms with Crippen molar-refractivity contribution in [3.05, 3.63) is 47.8 Å². The fraction of sp³-hybridized carbons (Fsp3) is 0.375. The van der Waals surface area contributed by atoms with Gasteiger partial charge in [-0.15, -0.1) is 0 Å². The Hall–Kier alpha value is -2.10. The van der Waals surface area contributed by atoms with Crippen LogP contribution in [-0.2, 0) is 6.54 Å². The maximum Gasteiger partial charge on any atom is 0.135 e. The van der Waals surface area contributed by atoms with Crippen molar-refractivity contribution < 1.29 is 0 Å². The topological polar surface area (TPSA) is 49.8 Å². The van der Waals surface area contributed by atoms with Gasteiger partial charge in [0.05, 0.1) is 0 Å². The lowest BCUT2D eigenvalue weighted by Gasteiger charge is -2.17. The highest BCUT2D eigenvalue weighted by atomic mass is 15.1. The van der Waals surface area contributed by atoms with Gasteiger partial charge in [-0.05, 0) is 18.4 Å². The van der Waals surface area contributed by atoms with E-state index >= 15 is 0 Å². The molecule has 1 heterocycles. The molecule has 0 amide bonds. The molecule has 4 heteroatoms.